The molecular formula is C17H24N2O2. The Bertz CT molecular complexity index is 499. The van der Waals surface area contributed by atoms with Gasteiger partial charge in [-0.05, 0) is 43.7 Å². The summed E-state index contributed by atoms with van der Waals surface area (Å²) in [6.07, 6.45) is 8.96. The van der Waals surface area contributed by atoms with Gasteiger partial charge >= 0.3 is 0 Å². The second-order valence-corrected chi connectivity index (χ2v) is 6.49. The molecule has 1 N–H and O–H groups in total. The molecule has 0 unspecified atom stereocenters. The number of aromatic nitrogens is 1. The molecule has 2 bridgehead atoms. The van der Waals surface area contributed by atoms with Crippen molar-refractivity contribution >= 4 is 5.91 Å². The maximum atomic E-state index is 12.6. The first-order valence-electron chi connectivity index (χ1n) is 8.01. The fraction of sp³-hybridized carbons (Fsp3) is 0.647. The largest absolute Gasteiger partial charge is 0.396 e. The number of rotatable bonds is 5. The molecule has 0 spiro atoms. The lowest BCUT2D eigenvalue weighted by atomic mass is 9.72. The van der Waals surface area contributed by atoms with Gasteiger partial charge in [-0.2, -0.15) is 0 Å². The first-order valence-corrected chi connectivity index (χ1v) is 8.01. The van der Waals surface area contributed by atoms with Crippen LogP contribution < -0.4 is 0 Å². The highest BCUT2D eigenvalue weighted by molar-refractivity contribution is 5.78. The summed E-state index contributed by atoms with van der Waals surface area (Å²) in [7, 11) is 0. The van der Waals surface area contributed by atoms with Crippen LogP contribution in [0, 0.1) is 5.41 Å². The number of hydrogen-bond donors (Lipinski definition) is 1. The fourth-order valence-corrected chi connectivity index (χ4v) is 4.26. The summed E-state index contributed by atoms with van der Waals surface area (Å²) in [5, 5.41) is 9.80. The Morgan fingerprint density at radius 2 is 2.38 bits per heavy atom. The molecule has 1 amide bonds. The topological polar surface area (TPSA) is 53.4 Å². The molecule has 2 fully saturated rings. The van der Waals surface area contributed by atoms with Crippen LogP contribution >= 0.6 is 0 Å². The summed E-state index contributed by atoms with van der Waals surface area (Å²) >= 11 is 0. The van der Waals surface area contributed by atoms with Gasteiger partial charge in [-0.3, -0.25) is 9.78 Å². The lowest BCUT2D eigenvalue weighted by molar-refractivity contribution is -0.133. The van der Waals surface area contributed by atoms with E-state index in [1.807, 2.05) is 18.3 Å². The second kappa shape index (κ2) is 5.76. The van der Waals surface area contributed by atoms with Gasteiger partial charge in [-0.1, -0.05) is 13.0 Å². The van der Waals surface area contributed by atoms with E-state index < -0.39 is 0 Å². The Morgan fingerprint density at radius 1 is 1.52 bits per heavy atom. The van der Waals surface area contributed by atoms with Gasteiger partial charge in [0.05, 0.1) is 6.61 Å². The van der Waals surface area contributed by atoms with Crippen LogP contribution in [-0.4, -0.2) is 39.6 Å². The Hall–Kier alpha value is -1.42. The van der Waals surface area contributed by atoms with Gasteiger partial charge < -0.3 is 10.0 Å². The molecule has 3 rings (SSSR count). The van der Waals surface area contributed by atoms with Crippen LogP contribution in [0.2, 0.25) is 0 Å². The molecule has 2 saturated heterocycles. The van der Waals surface area contributed by atoms with Gasteiger partial charge in [-0.15, -0.1) is 0 Å². The van der Waals surface area contributed by atoms with Crippen LogP contribution in [0.5, 0.6) is 0 Å². The smallest absolute Gasteiger partial charge is 0.223 e. The van der Waals surface area contributed by atoms with Gasteiger partial charge in [-0.25, -0.2) is 0 Å². The summed E-state index contributed by atoms with van der Waals surface area (Å²) in [6.45, 7) is 2.34. The molecule has 0 saturated carbocycles. The molecule has 114 valence electrons. The van der Waals surface area contributed by atoms with Crippen LogP contribution in [0.15, 0.2) is 24.5 Å². The van der Waals surface area contributed by atoms with Crippen LogP contribution in [0.1, 0.15) is 44.6 Å². The van der Waals surface area contributed by atoms with E-state index in [1.165, 1.54) is 0 Å². The van der Waals surface area contributed by atoms with Gasteiger partial charge in [0.1, 0.15) is 0 Å². The number of carbonyl (C=O) groups excluding carboxylic acids is 1. The maximum Gasteiger partial charge on any atom is 0.223 e. The molecule has 3 heterocycles. The van der Waals surface area contributed by atoms with Gasteiger partial charge in [0.25, 0.3) is 0 Å². The van der Waals surface area contributed by atoms with E-state index in [1.54, 1.807) is 6.20 Å². The van der Waals surface area contributed by atoms with E-state index in [9.17, 15) is 9.90 Å². The number of fused-ring (bicyclic) bond motifs is 2. The average Bonchev–Trinajstić information content (AvgIpc) is 3.09. The number of aliphatic hydroxyl groups excluding tert-OH is 1. The van der Waals surface area contributed by atoms with Crippen molar-refractivity contribution in [3.8, 4) is 0 Å². The Morgan fingerprint density at radius 3 is 3.00 bits per heavy atom. The van der Waals surface area contributed by atoms with E-state index in [2.05, 4.69) is 16.8 Å². The summed E-state index contributed by atoms with van der Waals surface area (Å²) in [5.74, 6) is 0.245. The Kier molecular flexibility index (Phi) is 3.98. The molecule has 2 aliphatic rings. The van der Waals surface area contributed by atoms with E-state index >= 15 is 0 Å². The summed E-state index contributed by atoms with van der Waals surface area (Å²) in [5.41, 5.74) is 1.06. The van der Waals surface area contributed by atoms with Crippen molar-refractivity contribution in [1.29, 1.82) is 0 Å². The third kappa shape index (κ3) is 2.46. The lowest BCUT2D eigenvalue weighted by Crippen LogP contribution is -2.42. The minimum atomic E-state index is -0.0487. The zero-order valence-corrected chi connectivity index (χ0v) is 12.7. The number of amides is 1. The summed E-state index contributed by atoms with van der Waals surface area (Å²) in [6, 6.07) is 4.53. The van der Waals surface area contributed by atoms with Crippen molar-refractivity contribution in [2.75, 3.05) is 6.61 Å². The van der Waals surface area contributed by atoms with Crippen molar-refractivity contribution in [1.82, 2.24) is 9.88 Å². The molecular weight excluding hydrogens is 264 g/mol. The van der Waals surface area contributed by atoms with Crippen molar-refractivity contribution < 1.29 is 9.90 Å². The third-order valence-electron chi connectivity index (χ3n) is 5.51. The standard InChI is InChI=1S/C17H24N2O2/c1-2-17(12-20)10-14-6-7-15(17)19(14)16(21)8-5-13-4-3-9-18-11-13/h3-4,9,11,14-15,20H,2,5-8,10,12H2,1H3/t14-,15+,17-/m1/s1. The summed E-state index contributed by atoms with van der Waals surface area (Å²) in [4.78, 5) is 18.8. The molecule has 3 atom stereocenters. The number of aryl methyl sites for hydroxylation is 1. The number of nitrogens with zero attached hydrogens (tertiary/aromatic N) is 2. The number of carbonyl (C=O) groups is 1. The molecule has 0 aliphatic carbocycles. The van der Waals surface area contributed by atoms with Crippen molar-refractivity contribution in [3.05, 3.63) is 30.1 Å². The van der Waals surface area contributed by atoms with Gasteiger partial charge in [0, 0.05) is 36.3 Å². The van der Waals surface area contributed by atoms with E-state index in [-0.39, 0.29) is 24.0 Å². The minimum absolute atomic E-state index is 0.0487. The lowest BCUT2D eigenvalue weighted by Gasteiger charge is -2.34. The normalized spacial score (nSPS) is 30.9. The zero-order chi connectivity index (χ0) is 14.9. The molecule has 4 nitrogen and oxygen atoms in total. The molecule has 0 aromatic carbocycles. The summed E-state index contributed by atoms with van der Waals surface area (Å²) < 4.78 is 0. The van der Waals surface area contributed by atoms with Crippen molar-refractivity contribution in [2.45, 2.75) is 57.5 Å². The maximum absolute atomic E-state index is 12.6. The zero-order valence-electron chi connectivity index (χ0n) is 12.7. The predicted molar refractivity (Wildman–Crippen MR) is 80.6 cm³/mol. The number of aliphatic hydroxyl groups is 1. The second-order valence-electron chi connectivity index (χ2n) is 6.49. The highest BCUT2D eigenvalue weighted by Crippen LogP contribution is 2.51. The molecule has 21 heavy (non-hydrogen) atoms. The molecule has 4 heteroatoms. The van der Waals surface area contributed by atoms with Crippen molar-refractivity contribution in [3.63, 3.8) is 0 Å². The first-order chi connectivity index (χ1) is 10.2. The number of hydrogen-bond acceptors (Lipinski definition) is 3. The predicted octanol–water partition coefficient (Wildman–Crippen LogP) is 2.17. The minimum Gasteiger partial charge on any atom is -0.396 e. The molecule has 0 radical (unpaired) electrons. The molecule has 2 aliphatic heterocycles. The van der Waals surface area contributed by atoms with E-state index in [4.69, 9.17) is 0 Å². The van der Waals surface area contributed by atoms with Crippen LogP contribution in [0.3, 0.4) is 0 Å². The molecule has 1 aromatic rings. The SMILES string of the molecule is CC[C@]1(CO)C[C@H]2CC[C@@H]1N2C(=O)CCc1cccnc1. The fourth-order valence-electron chi connectivity index (χ4n) is 4.26. The average molecular weight is 288 g/mol. The van der Waals surface area contributed by atoms with Crippen LogP contribution in [0.25, 0.3) is 0 Å². The highest BCUT2D eigenvalue weighted by atomic mass is 16.3. The monoisotopic (exact) mass is 288 g/mol. The van der Waals surface area contributed by atoms with Crippen LogP contribution in [-0.2, 0) is 11.2 Å². The van der Waals surface area contributed by atoms with E-state index in [0.717, 1.165) is 37.7 Å². The third-order valence-corrected chi connectivity index (χ3v) is 5.51. The highest BCUT2D eigenvalue weighted by Gasteiger charge is 2.55. The quantitative estimate of drug-likeness (QED) is 0.903. The number of pyridine rings is 1. The Balaban J connectivity index is 1.66. The van der Waals surface area contributed by atoms with Gasteiger partial charge in [0.2, 0.25) is 5.91 Å². The first kappa shape index (κ1) is 14.5. The van der Waals surface area contributed by atoms with Gasteiger partial charge in [0.15, 0.2) is 0 Å². The van der Waals surface area contributed by atoms with Crippen LogP contribution in [0.4, 0.5) is 0 Å². The Labute approximate surface area is 126 Å². The van der Waals surface area contributed by atoms with E-state index in [0.29, 0.717) is 12.5 Å². The van der Waals surface area contributed by atoms with Crippen molar-refractivity contribution in [2.24, 2.45) is 5.41 Å². The molecule has 1 aromatic heterocycles.